The molecule has 3 amide bonds. The summed E-state index contributed by atoms with van der Waals surface area (Å²) < 4.78 is 5.58. The molecule has 4 aliphatic heterocycles. The van der Waals surface area contributed by atoms with Crippen LogP contribution in [-0.4, -0.2) is 72.5 Å². The number of likely N-dealkylation sites (tertiary alicyclic amines) is 1. The van der Waals surface area contributed by atoms with E-state index in [-0.39, 0.29) is 24.1 Å². The lowest BCUT2D eigenvalue weighted by Gasteiger charge is -2.34. The van der Waals surface area contributed by atoms with Crippen molar-refractivity contribution in [1.29, 1.82) is 0 Å². The van der Waals surface area contributed by atoms with Crippen molar-refractivity contribution in [2.45, 2.75) is 57.3 Å². The fraction of sp³-hybridized carbons (Fsp3) is 0.625. The molecule has 0 spiro atoms. The van der Waals surface area contributed by atoms with Crippen LogP contribution in [0.3, 0.4) is 0 Å². The molecule has 2 N–H and O–H groups in total. The molecule has 8 nitrogen and oxygen atoms in total. The average Bonchev–Trinajstić information content (AvgIpc) is 3.12. The number of ether oxygens (including phenoxy) is 1. The first-order valence-electron chi connectivity index (χ1n) is 11.9. The van der Waals surface area contributed by atoms with Crippen LogP contribution >= 0.6 is 0 Å². The normalized spacial score (nSPS) is 27.5. The standard InChI is InChI=1S/C24H32N4O4/c29-22-4-3-21(23(30)26-22)28-14-18-2-1-17(12-20(18)24(28)31)13-27-8-5-16(6-9-27)11-19-15-32-10-7-25-19/h1-2,12,16,19,21,25H,3-11,13-15H2,(H,26,29,30). The zero-order valence-corrected chi connectivity index (χ0v) is 18.5. The second-order valence-electron chi connectivity index (χ2n) is 9.57. The van der Waals surface area contributed by atoms with E-state index in [1.807, 2.05) is 12.1 Å². The molecule has 2 unspecified atom stereocenters. The van der Waals surface area contributed by atoms with Crippen LogP contribution in [0.25, 0.3) is 0 Å². The zero-order valence-electron chi connectivity index (χ0n) is 18.5. The Bertz CT molecular complexity index is 890. The quantitative estimate of drug-likeness (QED) is 0.665. The molecule has 4 heterocycles. The summed E-state index contributed by atoms with van der Waals surface area (Å²) in [7, 11) is 0. The van der Waals surface area contributed by atoms with E-state index < -0.39 is 6.04 Å². The van der Waals surface area contributed by atoms with E-state index in [9.17, 15) is 14.4 Å². The van der Waals surface area contributed by atoms with Gasteiger partial charge >= 0.3 is 0 Å². The van der Waals surface area contributed by atoms with Crippen LogP contribution in [-0.2, 0) is 27.4 Å². The number of nitrogens with zero attached hydrogens (tertiary/aromatic N) is 2. The Morgan fingerprint density at radius 3 is 2.69 bits per heavy atom. The summed E-state index contributed by atoms with van der Waals surface area (Å²) in [6, 6.07) is 6.07. The van der Waals surface area contributed by atoms with Crippen molar-refractivity contribution >= 4 is 17.7 Å². The smallest absolute Gasteiger partial charge is 0.255 e. The molecule has 1 aromatic carbocycles. The van der Waals surface area contributed by atoms with Crippen LogP contribution in [0.1, 0.15) is 53.6 Å². The van der Waals surface area contributed by atoms with Crippen molar-refractivity contribution in [2.24, 2.45) is 5.92 Å². The summed E-state index contributed by atoms with van der Waals surface area (Å²) in [6.45, 7) is 6.04. The Labute approximate surface area is 188 Å². The number of amides is 3. The van der Waals surface area contributed by atoms with E-state index in [0.29, 0.717) is 24.6 Å². The summed E-state index contributed by atoms with van der Waals surface area (Å²) in [5.74, 6) is 0.0247. The molecular formula is C24H32N4O4. The minimum absolute atomic E-state index is 0.0998. The van der Waals surface area contributed by atoms with Crippen molar-refractivity contribution < 1.29 is 19.1 Å². The van der Waals surface area contributed by atoms with E-state index in [1.165, 1.54) is 19.3 Å². The van der Waals surface area contributed by atoms with Gasteiger partial charge in [0, 0.05) is 37.7 Å². The van der Waals surface area contributed by atoms with Gasteiger partial charge in [-0.1, -0.05) is 12.1 Å². The highest BCUT2D eigenvalue weighted by Gasteiger charge is 2.39. The molecule has 4 aliphatic rings. The monoisotopic (exact) mass is 440 g/mol. The molecule has 0 aliphatic carbocycles. The maximum Gasteiger partial charge on any atom is 0.255 e. The second-order valence-corrected chi connectivity index (χ2v) is 9.57. The minimum atomic E-state index is -0.556. The number of morpholine rings is 1. The maximum absolute atomic E-state index is 13.0. The highest BCUT2D eigenvalue weighted by molar-refractivity contribution is 6.05. The van der Waals surface area contributed by atoms with Gasteiger partial charge in [-0.05, 0) is 61.9 Å². The van der Waals surface area contributed by atoms with E-state index in [1.54, 1.807) is 4.90 Å². The summed E-state index contributed by atoms with van der Waals surface area (Å²) in [5, 5.41) is 5.92. The first kappa shape index (κ1) is 21.6. The lowest BCUT2D eigenvalue weighted by atomic mass is 9.90. The number of rotatable bonds is 5. The number of hydrogen-bond donors (Lipinski definition) is 2. The van der Waals surface area contributed by atoms with Crippen LogP contribution in [0.15, 0.2) is 18.2 Å². The van der Waals surface area contributed by atoms with Crippen molar-refractivity contribution in [3.05, 3.63) is 34.9 Å². The van der Waals surface area contributed by atoms with E-state index in [2.05, 4.69) is 21.6 Å². The molecule has 2 atom stereocenters. The second kappa shape index (κ2) is 9.29. The van der Waals surface area contributed by atoms with Gasteiger partial charge < -0.3 is 15.0 Å². The molecule has 0 saturated carbocycles. The molecule has 3 saturated heterocycles. The predicted octanol–water partition coefficient (Wildman–Crippen LogP) is 1.04. The Balaban J connectivity index is 1.16. The lowest BCUT2D eigenvalue weighted by Crippen LogP contribution is -2.52. The van der Waals surface area contributed by atoms with E-state index in [4.69, 9.17) is 4.74 Å². The third-order valence-electron chi connectivity index (χ3n) is 7.32. The number of hydrogen-bond acceptors (Lipinski definition) is 6. The largest absolute Gasteiger partial charge is 0.379 e. The van der Waals surface area contributed by atoms with Gasteiger partial charge in [-0.15, -0.1) is 0 Å². The highest BCUT2D eigenvalue weighted by Crippen LogP contribution is 2.29. The van der Waals surface area contributed by atoms with Crippen molar-refractivity contribution in [1.82, 2.24) is 20.4 Å². The Morgan fingerprint density at radius 2 is 1.94 bits per heavy atom. The third-order valence-corrected chi connectivity index (χ3v) is 7.32. The SMILES string of the molecule is O=C1CCC(N2Cc3ccc(CN4CCC(CC5COCCN5)CC4)cc3C2=O)C(=O)N1. The fourth-order valence-corrected chi connectivity index (χ4v) is 5.51. The highest BCUT2D eigenvalue weighted by atomic mass is 16.5. The molecule has 1 aromatic rings. The predicted molar refractivity (Wildman–Crippen MR) is 118 cm³/mol. The number of piperidine rings is 2. The Hall–Kier alpha value is -2.29. The molecule has 32 heavy (non-hydrogen) atoms. The summed E-state index contributed by atoms with van der Waals surface area (Å²) >= 11 is 0. The van der Waals surface area contributed by atoms with Gasteiger partial charge in [0.1, 0.15) is 6.04 Å². The maximum atomic E-state index is 13.0. The summed E-state index contributed by atoms with van der Waals surface area (Å²) in [5.41, 5.74) is 2.80. The third kappa shape index (κ3) is 4.58. The van der Waals surface area contributed by atoms with Crippen LogP contribution in [0.2, 0.25) is 0 Å². The van der Waals surface area contributed by atoms with Gasteiger partial charge in [0.25, 0.3) is 5.91 Å². The van der Waals surface area contributed by atoms with Crippen LogP contribution in [0.4, 0.5) is 0 Å². The lowest BCUT2D eigenvalue weighted by molar-refractivity contribution is -0.136. The van der Waals surface area contributed by atoms with Crippen LogP contribution < -0.4 is 10.6 Å². The van der Waals surface area contributed by atoms with Gasteiger partial charge in [0.2, 0.25) is 11.8 Å². The number of carbonyl (C=O) groups excluding carboxylic acids is 3. The van der Waals surface area contributed by atoms with Gasteiger partial charge in [-0.2, -0.15) is 0 Å². The topological polar surface area (TPSA) is 91.0 Å². The summed E-state index contributed by atoms with van der Waals surface area (Å²) in [6.07, 6.45) is 4.27. The zero-order chi connectivity index (χ0) is 22.1. The van der Waals surface area contributed by atoms with E-state index in [0.717, 1.165) is 56.4 Å². The van der Waals surface area contributed by atoms with Gasteiger partial charge in [-0.25, -0.2) is 0 Å². The molecule has 0 bridgehead atoms. The minimum Gasteiger partial charge on any atom is -0.379 e. The average molecular weight is 441 g/mol. The summed E-state index contributed by atoms with van der Waals surface area (Å²) in [4.78, 5) is 40.8. The Kier molecular flexibility index (Phi) is 6.26. The number of benzene rings is 1. The van der Waals surface area contributed by atoms with Gasteiger partial charge in [-0.3, -0.25) is 24.6 Å². The van der Waals surface area contributed by atoms with E-state index >= 15 is 0 Å². The molecule has 8 heteroatoms. The van der Waals surface area contributed by atoms with Crippen LogP contribution in [0.5, 0.6) is 0 Å². The van der Waals surface area contributed by atoms with Gasteiger partial charge in [0.05, 0.1) is 13.2 Å². The number of carbonyl (C=O) groups is 3. The molecule has 5 rings (SSSR count). The number of nitrogens with one attached hydrogen (secondary N) is 2. The first-order chi connectivity index (χ1) is 15.6. The van der Waals surface area contributed by atoms with Crippen molar-refractivity contribution in [3.63, 3.8) is 0 Å². The molecule has 0 aromatic heterocycles. The van der Waals surface area contributed by atoms with Crippen molar-refractivity contribution in [2.75, 3.05) is 32.8 Å². The molecule has 0 radical (unpaired) electrons. The van der Waals surface area contributed by atoms with Crippen molar-refractivity contribution in [3.8, 4) is 0 Å². The first-order valence-corrected chi connectivity index (χ1v) is 11.9. The van der Waals surface area contributed by atoms with Gasteiger partial charge in [0.15, 0.2) is 0 Å². The fourth-order valence-electron chi connectivity index (χ4n) is 5.51. The number of fused-ring (bicyclic) bond motifs is 1. The number of imide groups is 1. The van der Waals surface area contributed by atoms with Crippen LogP contribution in [0, 0.1) is 5.92 Å². The molecule has 172 valence electrons. The Morgan fingerprint density at radius 1 is 1.09 bits per heavy atom. The molecule has 3 fully saturated rings. The molecular weight excluding hydrogens is 408 g/mol.